The van der Waals surface area contributed by atoms with Gasteiger partial charge in [-0.15, -0.1) is 0 Å². The van der Waals surface area contributed by atoms with E-state index in [9.17, 15) is 14.4 Å². The number of carbonyl (C=O) groups is 3. The van der Waals surface area contributed by atoms with Crippen molar-refractivity contribution in [3.63, 3.8) is 0 Å². The molecular weight excluding hydrogens is 354 g/mol. The highest BCUT2D eigenvalue weighted by molar-refractivity contribution is 6.05. The lowest BCUT2D eigenvalue weighted by Crippen LogP contribution is -2.35. The molecule has 4 rings (SSSR count). The average molecular weight is 377 g/mol. The summed E-state index contributed by atoms with van der Waals surface area (Å²) < 4.78 is 0. The largest absolute Gasteiger partial charge is 0.349 e. The molecule has 1 aliphatic carbocycles. The second-order valence-corrected chi connectivity index (χ2v) is 7.33. The van der Waals surface area contributed by atoms with Gasteiger partial charge in [0.05, 0.1) is 0 Å². The van der Waals surface area contributed by atoms with E-state index in [2.05, 4.69) is 10.6 Å². The molecule has 3 amide bonds. The third-order valence-electron chi connectivity index (χ3n) is 5.06. The molecule has 1 saturated carbocycles. The van der Waals surface area contributed by atoms with Crippen molar-refractivity contribution in [2.24, 2.45) is 0 Å². The summed E-state index contributed by atoms with van der Waals surface area (Å²) in [5.74, 6) is -0.241. The molecule has 1 aliphatic heterocycles. The Morgan fingerprint density at radius 1 is 0.929 bits per heavy atom. The fourth-order valence-corrected chi connectivity index (χ4v) is 3.31. The van der Waals surface area contributed by atoms with E-state index in [0.29, 0.717) is 23.2 Å². The fourth-order valence-electron chi connectivity index (χ4n) is 3.31. The Kier molecular flexibility index (Phi) is 5.10. The highest BCUT2D eigenvalue weighted by atomic mass is 16.2. The number of carbonyl (C=O) groups excluding carboxylic acids is 3. The molecule has 6 nitrogen and oxygen atoms in total. The van der Waals surface area contributed by atoms with Crippen LogP contribution >= 0.6 is 0 Å². The summed E-state index contributed by atoms with van der Waals surface area (Å²) in [6, 6.07) is 14.3. The topological polar surface area (TPSA) is 78.5 Å². The van der Waals surface area contributed by atoms with Gasteiger partial charge in [-0.05, 0) is 68.1 Å². The van der Waals surface area contributed by atoms with E-state index in [0.717, 1.165) is 37.9 Å². The van der Waals surface area contributed by atoms with E-state index >= 15 is 0 Å². The minimum atomic E-state index is -0.253. The van der Waals surface area contributed by atoms with E-state index in [4.69, 9.17) is 0 Å². The van der Waals surface area contributed by atoms with Crippen LogP contribution in [0.25, 0.3) is 0 Å². The zero-order chi connectivity index (χ0) is 19.5. The summed E-state index contributed by atoms with van der Waals surface area (Å²) in [4.78, 5) is 38.5. The Balaban J connectivity index is 1.42. The molecule has 1 saturated heterocycles. The summed E-state index contributed by atoms with van der Waals surface area (Å²) in [5.41, 5.74) is 2.42. The third kappa shape index (κ3) is 4.22. The van der Waals surface area contributed by atoms with Gasteiger partial charge in [-0.1, -0.05) is 6.07 Å². The molecular formula is C22H23N3O3. The number of nitrogens with zero attached hydrogens (tertiary/aromatic N) is 1. The van der Waals surface area contributed by atoms with Crippen LogP contribution in [-0.2, 0) is 4.79 Å². The first-order chi connectivity index (χ1) is 13.6. The van der Waals surface area contributed by atoms with Crippen molar-refractivity contribution in [2.75, 3.05) is 16.8 Å². The van der Waals surface area contributed by atoms with Crippen molar-refractivity contribution in [3.05, 3.63) is 59.7 Å². The van der Waals surface area contributed by atoms with Gasteiger partial charge >= 0.3 is 0 Å². The van der Waals surface area contributed by atoms with Crippen LogP contribution in [0.15, 0.2) is 48.5 Å². The van der Waals surface area contributed by atoms with Gasteiger partial charge in [-0.2, -0.15) is 0 Å². The maximum Gasteiger partial charge on any atom is 0.255 e. The Morgan fingerprint density at radius 2 is 1.71 bits per heavy atom. The third-order valence-corrected chi connectivity index (χ3v) is 5.06. The van der Waals surface area contributed by atoms with Crippen molar-refractivity contribution in [3.8, 4) is 0 Å². The SMILES string of the molecule is O=C(Nc1cccc(C(=O)NC2CC2)c1)c1ccc(N2CCCCC2=O)cc1. The lowest BCUT2D eigenvalue weighted by Gasteiger charge is -2.26. The van der Waals surface area contributed by atoms with E-state index in [1.165, 1.54) is 0 Å². The predicted octanol–water partition coefficient (Wildman–Crippen LogP) is 3.35. The zero-order valence-electron chi connectivity index (χ0n) is 15.6. The number of hydrogen-bond acceptors (Lipinski definition) is 3. The van der Waals surface area contributed by atoms with Gasteiger partial charge in [0.2, 0.25) is 5.91 Å². The molecule has 0 bridgehead atoms. The van der Waals surface area contributed by atoms with E-state index < -0.39 is 0 Å². The van der Waals surface area contributed by atoms with E-state index in [-0.39, 0.29) is 23.8 Å². The van der Waals surface area contributed by atoms with Crippen molar-refractivity contribution in [1.29, 1.82) is 0 Å². The minimum Gasteiger partial charge on any atom is -0.349 e. The molecule has 28 heavy (non-hydrogen) atoms. The van der Waals surface area contributed by atoms with Crippen LogP contribution in [0.3, 0.4) is 0 Å². The van der Waals surface area contributed by atoms with Crippen LogP contribution in [0.4, 0.5) is 11.4 Å². The summed E-state index contributed by atoms with van der Waals surface area (Å²) in [6.45, 7) is 0.722. The number of anilines is 2. The van der Waals surface area contributed by atoms with Gasteiger partial charge < -0.3 is 15.5 Å². The minimum absolute atomic E-state index is 0.117. The molecule has 2 fully saturated rings. The Hall–Kier alpha value is -3.15. The van der Waals surface area contributed by atoms with Gasteiger partial charge in [0, 0.05) is 41.5 Å². The number of piperidine rings is 1. The smallest absolute Gasteiger partial charge is 0.255 e. The van der Waals surface area contributed by atoms with Crippen molar-refractivity contribution >= 4 is 29.1 Å². The van der Waals surface area contributed by atoms with Crippen LogP contribution in [0, 0.1) is 0 Å². The Bertz CT molecular complexity index is 903. The molecule has 2 aromatic carbocycles. The average Bonchev–Trinajstić information content (AvgIpc) is 3.53. The molecule has 0 spiro atoms. The fraction of sp³-hybridized carbons (Fsp3) is 0.318. The van der Waals surface area contributed by atoms with Crippen LogP contribution in [-0.4, -0.2) is 30.3 Å². The standard InChI is InChI=1S/C22H23N3O3/c26-20-6-1-2-13-25(20)19-11-7-15(8-12-19)21(27)24-18-5-3-4-16(14-18)22(28)23-17-9-10-17/h3-5,7-8,11-12,14,17H,1-2,6,9-10,13H2,(H,23,28)(H,24,27). The van der Waals surface area contributed by atoms with Crippen molar-refractivity contribution in [2.45, 2.75) is 38.1 Å². The first-order valence-corrected chi connectivity index (χ1v) is 9.73. The monoisotopic (exact) mass is 377 g/mol. The summed E-state index contributed by atoms with van der Waals surface area (Å²) in [5, 5.41) is 5.77. The molecule has 0 unspecified atom stereocenters. The Labute approximate surface area is 163 Å². The number of hydrogen-bond donors (Lipinski definition) is 2. The van der Waals surface area contributed by atoms with Crippen molar-refractivity contribution < 1.29 is 14.4 Å². The molecule has 144 valence electrons. The first-order valence-electron chi connectivity index (χ1n) is 9.73. The highest BCUT2D eigenvalue weighted by Crippen LogP contribution is 2.22. The van der Waals surface area contributed by atoms with Crippen molar-refractivity contribution in [1.82, 2.24) is 5.32 Å². The highest BCUT2D eigenvalue weighted by Gasteiger charge is 2.24. The number of amides is 3. The Morgan fingerprint density at radius 3 is 2.43 bits per heavy atom. The van der Waals surface area contributed by atoms with Gasteiger partial charge in [0.15, 0.2) is 0 Å². The van der Waals surface area contributed by atoms with Crippen LogP contribution in [0.2, 0.25) is 0 Å². The molecule has 2 N–H and O–H groups in total. The van der Waals surface area contributed by atoms with Crippen LogP contribution in [0.5, 0.6) is 0 Å². The van der Waals surface area contributed by atoms with E-state index in [1.807, 2.05) is 0 Å². The van der Waals surface area contributed by atoms with Crippen LogP contribution < -0.4 is 15.5 Å². The van der Waals surface area contributed by atoms with Gasteiger partial charge in [-0.25, -0.2) is 0 Å². The molecule has 6 heteroatoms. The van der Waals surface area contributed by atoms with Gasteiger partial charge in [0.25, 0.3) is 11.8 Å². The zero-order valence-corrected chi connectivity index (χ0v) is 15.6. The predicted molar refractivity (Wildman–Crippen MR) is 108 cm³/mol. The number of rotatable bonds is 5. The first kappa shape index (κ1) is 18.2. The maximum atomic E-state index is 12.5. The molecule has 2 aromatic rings. The van der Waals surface area contributed by atoms with Crippen LogP contribution in [0.1, 0.15) is 52.8 Å². The van der Waals surface area contributed by atoms with E-state index in [1.54, 1.807) is 53.4 Å². The number of nitrogens with one attached hydrogen (secondary N) is 2. The van der Waals surface area contributed by atoms with Gasteiger partial charge in [-0.3, -0.25) is 14.4 Å². The summed E-state index contributed by atoms with van der Waals surface area (Å²) in [6.07, 6.45) is 4.57. The quantitative estimate of drug-likeness (QED) is 0.839. The number of benzene rings is 2. The molecule has 2 aliphatic rings. The lowest BCUT2D eigenvalue weighted by molar-refractivity contribution is -0.119. The molecule has 0 radical (unpaired) electrons. The maximum absolute atomic E-state index is 12.5. The second-order valence-electron chi connectivity index (χ2n) is 7.33. The molecule has 1 heterocycles. The normalized spacial score (nSPS) is 16.6. The summed E-state index contributed by atoms with van der Waals surface area (Å²) >= 11 is 0. The second kappa shape index (κ2) is 7.84. The summed E-state index contributed by atoms with van der Waals surface area (Å²) in [7, 11) is 0. The molecule has 0 aromatic heterocycles. The van der Waals surface area contributed by atoms with Gasteiger partial charge in [0.1, 0.15) is 0 Å². The lowest BCUT2D eigenvalue weighted by atomic mass is 10.1. The molecule has 0 atom stereocenters.